The van der Waals surface area contributed by atoms with Crippen molar-refractivity contribution in [2.45, 2.75) is 57.5 Å². The molecule has 1 fully saturated rings. The van der Waals surface area contributed by atoms with Crippen molar-refractivity contribution >= 4 is 11.3 Å². The van der Waals surface area contributed by atoms with Gasteiger partial charge in [0.25, 0.3) is 0 Å². The second kappa shape index (κ2) is 9.01. The third-order valence-corrected chi connectivity index (χ3v) is 6.96. The van der Waals surface area contributed by atoms with Crippen LogP contribution in [0.4, 0.5) is 13.2 Å². The number of aliphatic hydroxyl groups is 1. The highest BCUT2D eigenvalue weighted by molar-refractivity contribution is 7.14. The second-order valence-electron chi connectivity index (χ2n) is 8.32. The number of nitrogens with zero attached hydrogens (tertiary/aromatic N) is 3. The quantitative estimate of drug-likeness (QED) is 0.579. The van der Waals surface area contributed by atoms with Crippen molar-refractivity contribution in [3.8, 4) is 16.3 Å². The van der Waals surface area contributed by atoms with Gasteiger partial charge in [-0.1, -0.05) is 11.3 Å². The number of likely N-dealkylation sites (N-methyl/N-ethyl adjacent to an activating group) is 1. The zero-order chi connectivity index (χ0) is 22.9. The van der Waals surface area contributed by atoms with Gasteiger partial charge in [0.2, 0.25) is 0 Å². The summed E-state index contributed by atoms with van der Waals surface area (Å²) in [6, 6.07) is 3.97. The summed E-state index contributed by atoms with van der Waals surface area (Å²) in [6.45, 7) is 6.54. The smallest absolute Gasteiger partial charge is 0.419 e. The molecule has 2 aromatic rings. The van der Waals surface area contributed by atoms with Crippen molar-refractivity contribution in [2.24, 2.45) is 0 Å². The van der Waals surface area contributed by atoms with Crippen molar-refractivity contribution in [1.29, 1.82) is 0 Å². The number of hydrogen-bond donors (Lipinski definition) is 1. The van der Waals surface area contributed by atoms with E-state index >= 15 is 0 Å². The molecular formula is C21H28F3N3O3S. The van der Waals surface area contributed by atoms with Crippen LogP contribution in [-0.2, 0) is 16.5 Å². The van der Waals surface area contributed by atoms with Gasteiger partial charge >= 0.3 is 6.18 Å². The summed E-state index contributed by atoms with van der Waals surface area (Å²) in [5, 5.41) is 18.3. The first kappa shape index (κ1) is 23.9. The van der Waals surface area contributed by atoms with Gasteiger partial charge in [0.05, 0.1) is 24.3 Å². The normalized spacial score (nSPS) is 21.5. The Morgan fingerprint density at radius 2 is 1.94 bits per heavy atom. The number of ether oxygens (including phenoxy) is 2. The number of aliphatic hydroxyl groups excluding tert-OH is 1. The van der Waals surface area contributed by atoms with E-state index in [-0.39, 0.29) is 19.0 Å². The molecule has 172 valence electrons. The first-order chi connectivity index (χ1) is 14.5. The van der Waals surface area contributed by atoms with Crippen LogP contribution in [0.3, 0.4) is 0 Å². The lowest BCUT2D eigenvalue weighted by Crippen LogP contribution is -2.46. The van der Waals surface area contributed by atoms with Crippen molar-refractivity contribution in [1.82, 2.24) is 15.1 Å². The molecule has 0 saturated carbocycles. The van der Waals surface area contributed by atoms with Gasteiger partial charge < -0.3 is 14.6 Å². The third kappa shape index (κ3) is 5.02. The number of hydrogen-bond acceptors (Lipinski definition) is 7. The first-order valence-corrected chi connectivity index (χ1v) is 11.0. The Labute approximate surface area is 184 Å². The molecule has 0 amide bonds. The number of aromatic nitrogens is 2. The Balaban J connectivity index is 1.84. The summed E-state index contributed by atoms with van der Waals surface area (Å²) in [5.74, 6) is -0.206. The molecule has 0 aliphatic carbocycles. The van der Waals surface area contributed by atoms with E-state index < -0.39 is 23.0 Å². The molecule has 0 radical (unpaired) electrons. The lowest BCUT2D eigenvalue weighted by Gasteiger charge is -2.34. The van der Waals surface area contributed by atoms with Gasteiger partial charge in [-0.15, -0.1) is 10.2 Å². The highest BCUT2D eigenvalue weighted by Crippen LogP contribution is 2.44. The van der Waals surface area contributed by atoms with Crippen molar-refractivity contribution in [3.63, 3.8) is 0 Å². The molecule has 3 rings (SSSR count). The minimum absolute atomic E-state index is 0.0603. The molecule has 0 unspecified atom stereocenters. The second-order valence-corrected chi connectivity index (χ2v) is 9.30. The molecule has 0 spiro atoms. The fourth-order valence-corrected chi connectivity index (χ4v) is 4.46. The largest absolute Gasteiger partial charge is 0.493 e. The Morgan fingerprint density at radius 1 is 1.19 bits per heavy atom. The van der Waals surface area contributed by atoms with E-state index in [1.165, 1.54) is 17.4 Å². The molecule has 1 aliphatic rings. The van der Waals surface area contributed by atoms with E-state index in [4.69, 9.17) is 14.6 Å². The summed E-state index contributed by atoms with van der Waals surface area (Å²) in [4.78, 5) is 2.05. The van der Waals surface area contributed by atoms with E-state index in [1.807, 2.05) is 27.8 Å². The average Bonchev–Trinajstić information content (AvgIpc) is 3.28. The van der Waals surface area contributed by atoms with Crippen molar-refractivity contribution in [2.75, 3.05) is 26.9 Å². The molecule has 1 aliphatic heterocycles. The van der Waals surface area contributed by atoms with Crippen LogP contribution in [0.15, 0.2) is 18.2 Å². The van der Waals surface area contributed by atoms with Crippen LogP contribution in [0.1, 0.15) is 50.6 Å². The van der Waals surface area contributed by atoms with Gasteiger partial charge in [0, 0.05) is 12.2 Å². The van der Waals surface area contributed by atoms with Crippen LogP contribution < -0.4 is 4.74 Å². The van der Waals surface area contributed by atoms with E-state index in [0.717, 1.165) is 6.07 Å². The molecule has 1 aromatic heterocycles. The standard InChI is InChI=1S/C21H28F3N3O3S/c1-19(2)27(4)20(3,13-30-19)18-26-25-17(31-18)14-8-9-16(15(12-14)21(22,23)24)29-11-7-5-6-10-28/h8-9,12,28H,5-7,10-11,13H2,1-4H3/t20-/m0/s1. The third-order valence-electron chi connectivity index (χ3n) is 5.73. The van der Waals surface area contributed by atoms with Gasteiger partial charge in [-0.05, 0) is 65.3 Å². The highest BCUT2D eigenvalue weighted by Gasteiger charge is 2.49. The molecule has 0 bridgehead atoms. The number of halogens is 3. The number of unbranched alkanes of at least 4 members (excludes halogenated alkanes) is 2. The number of rotatable bonds is 8. The monoisotopic (exact) mass is 459 g/mol. The summed E-state index contributed by atoms with van der Waals surface area (Å²) in [5.41, 5.74) is -1.48. The predicted octanol–water partition coefficient (Wildman–Crippen LogP) is 4.68. The van der Waals surface area contributed by atoms with Gasteiger partial charge in [0.1, 0.15) is 21.5 Å². The van der Waals surface area contributed by atoms with E-state index in [1.54, 1.807) is 6.07 Å². The molecule has 1 atom stereocenters. The van der Waals surface area contributed by atoms with Crippen LogP contribution in [0.2, 0.25) is 0 Å². The zero-order valence-corrected chi connectivity index (χ0v) is 18.9. The predicted molar refractivity (Wildman–Crippen MR) is 112 cm³/mol. The van der Waals surface area contributed by atoms with Crippen LogP contribution >= 0.6 is 11.3 Å². The van der Waals surface area contributed by atoms with Crippen molar-refractivity contribution in [3.05, 3.63) is 28.8 Å². The highest BCUT2D eigenvalue weighted by atomic mass is 32.1. The molecule has 6 nitrogen and oxygen atoms in total. The maximum Gasteiger partial charge on any atom is 0.419 e. The summed E-state index contributed by atoms with van der Waals surface area (Å²) >= 11 is 1.26. The Hall–Kier alpha value is -1.75. The van der Waals surface area contributed by atoms with Crippen LogP contribution in [0, 0.1) is 0 Å². The fourth-order valence-electron chi connectivity index (χ4n) is 3.45. The maximum atomic E-state index is 13.7. The van der Waals surface area contributed by atoms with Crippen LogP contribution in [0.5, 0.6) is 5.75 Å². The molecule has 1 aromatic carbocycles. The van der Waals surface area contributed by atoms with Crippen molar-refractivity contribution < 1.29 is 27.8 Å². The molecule has 2 heterocycles. The Kier molecular flexibility index (Phi) is 6.95. The van der Waals surface area contributed by atoms with E-state index in [0.29, 0.717) is 41.4 Å². The first-order valence-electron chi connectivity index (χ1n) is 10.2. The Bertz CT molecular complexity index is 903. The van der Waals surface area contributed by atoms with Crippen LogP contribution in [0.25, 0.3) is 10.6 Å². The SMILES string of the molecule is CN1C(C)(C)OC[C@@]1(C)c1nnc(-c2ccc(OCCCCCO)c(C(F)(F)F)c2)s1. The Morgan fingerprint density at radius 3 is 2.55 bits per heavy atom. The van der Waals surface area contributed by atoms with Gasteiger partial charge in [-0.25, -0.2) is 0 Å². The molecular weight excluding hydrogens is 431 g/mol. The topological polar surface area (TPSA) is 67.7 Å². The summed E-state index contributed by atoms with van der Waals surface area (Å²) in [6.07, 6.45) is -2.69. The maximum absolute atomic E-state index is 13.7. The average molecular weight is 460 g/mol. The molecule has 10 heteroatoms. The van der Waals surface area contributed by atoms with Gasteiger partial charge in [-0.2, -0.15) is 13.2 Å². The summed E-state index contributed by atoms with van der Waals surface area (Å²) < 4.78 is 52.2. The van der Waals surface area contributed by atoms with Crippen LogP contribution in [-0.4, -0.2) is 52.8 Å². The van der Waals surface area contributed by atoms with E-state index in [2.05, 4.69) is 15.1 Å². The van der Waals surface area contributed by atoms with Gasteiger partial charge in [0.15, 0.2) is 0 Å². The molecule has 1 saturated heterocycles. The number of alkyl halides is 3. The lowest BCUT2D eigenvalue weighted by molar-refractivity contribution is -0.138. The molecule has 31 heavy (non-hydrogen) atoms. The zero-order valence-electron chi connectivity index (χ0n) is 18.1. The van der Waals surface area contributed by atoms with Gasteiger partial charge in [-0.3, -0.25) is 4.90 Å². The lowest BCUT2D eigenvalue weighted by atomic mass is 10.0. The minimum atomic E-state index is -4.56. The molecule has 1 N–H and O–H groups in total. The number of benzene rings is 1. The fraction of sp³-hybridized carbons (Fsp3) is 0.619. The minimum Gasteiger partial charge on any atom is -0.493 e. The summed E-state index contributed by atoms with van der Waals surface area (Å²) in [7, 11) is 1.93. The van der Waals surface area contributed by atoms with E-state index in [9.17, 15) is 13.2 Å².